The van der Waals surface area contributed by atoms with Crippen molar-refractivity contribution in [3.63, 3.8) is 0 Å². The predicted octanol–water partition coefficient (Wildman–Crippen LogP) is 3.02. The quantitative estimate of drug-likeness (QED) is 0.758. The second kappa shape index (κ2) is 4.87. The Morgan fingerprint density at radius 3 is 2.76 bits per heavy atom. The van der Waals surface area contributed by atoms with Crippen molar-refractivity contribution in [3.05, 3.63) is 53.5 Å². The van der Waals surface area contributed by atoms with Crippen molar-refractivity contribution >= 4 is 5.78 Å². The van der Waals surface area contributed by atoms with Crippen LogP contribution in [0.25, 0.3) is 0 Å². The van der Waals surface area contributed by atoms with E-state index in [9.17, 15) is 4.79 Å². The maximum Gasteiger partial charge on any atom is 0.167 e. The normalized spacial score (nSPS) is 10.2. The van der Waals surface area contributed by atoms with Gasteiger partial charge in [-0.3, -0.25) is 4.79 Å². The maximum absolute atomic E-state index is 12.0. The third-order valence-electron chi connectivity index (χ3n) is 2.66. The van der Waals surface area contributed by atoms with Gasteiger partial charge in [0.25, 0.3) is 0 Å². The molecule has 1 aromatic carbocycles. The Morgan fingerprint density at radius 2 is 2.18 bits per heavy atom. The Balaban J connectivity index is 2.17. The zero-order valence-electron chi connectivity index (χ0n) is 9.90. The van der Waals surface area contributed by atoms with Crippen molar-refractivity contribution in [3.8, 4) is 5.75 Å². The zero-order valence-corrected chi connectivity index (χ0v) is 9.90. The number of Topliss-reactive ketones (excluding diaryl/α,β-unsaturated/α-hetero) is 1. The molecule has 0 aliphatic heterocycles. The summed E-state index contributed by atoms with van der Waals surface area (Å²) in [5.41, 5.74) is 2.55. The SMILES string of the molecule is COc1ccc(C(=O)Cc2ccoc2)cc1C. The highest BCUT2D eigenvalue weighted by molar-refractivity contribution is 5.97. The number of methoxy groups -OCH3 is 1. The van der Waals surface area contributed by atoms with Gasteiger partial charge in [0.2, 0.25) is 0 Å². The molecule has 0 N–H and O–H groups in total. The van der Waals surface area contributed by atoms with Crippen LogP contribution in [0.2, 0.25) is 0 Å². The number of carbonyl (C=O) groups excluding carboxylic acids is 1. The third-order valence-corrected chi connectivity index (χ3v) is 2.66. The molecule has 0 radical (unpaired) electrons. The fraction of sp³-hybridized carbons (Fsp3) is 0.214. The minimum absolute atomic E-state index is 0.0807. The summed E-state index contributed by atoms with van der Waals surface area (Å²) in [6, 6.07) is 7.25. The van der Waals surface area contributed by atoms with E-state index in [-0.39, 0.29) is 5.78 Å². The Labute approximate surface area is 100 Å². The van der Waals surface area contributed by atoms with Crippen molar-refractivity contribution in [2.75, 3.05) is 7.11 Å². The number of hydrogen-bond acceptors (Lipinski definition) is 3. The monoisotopic (exact) mass is 230 g/mol. The van der Waals surface area contributed by atoms with Gasteiger partial charge in [-0.2, -0.15) is 0 Å². The molecule has 0 saturated carbocycles. The second-order valence-electron chi connectivity index (χ2n) is 3.92. The van der Waals surface area contributed by atoms with Gasteiger partial charge in [0, 0.05) is 12.0 Å². The molecule has 17 heavy (non-hydrogen) atoms. The minimum atomic E-state index is 0.0807. The Kier molecular flexibility index (Phi) is 3.28. The molecule has 0 aliphatic carbocycles. The first kappa shape index (κ1) is 11.5. The number of rotatable bonds is 4. The summed E-state index contributed by atoms with van der Waals surface area (Å²) >= 11 is 0. The van der Waals surface area contributed by atoms with Gasteiger partial charge in [-0.1, -0.05) is 0 Å². The van der Waals surface area contributed by atoms with Gasteiger partial charge in [-0.15, -0.1) is 0 Å². The van der Waals surface area contributed by atoms with Gasteiger partial charge < -0.3 is 9.15 Å². The first-order valence-electron chi connectivity index (χ1n) is 5.39. The van der Waals surface area contributed by atoms with E-state index >= 15 is 0 Å². The number of hydrogen-bond donors (Lipinski definition) is 0. The van der Waals surface area contributed by atoms with Crippen molar-refractivity contribution in [2.45, 2.75) is 13.3 Å². The van der Waals surface area contributed by atoms with Crippen LogP contribution in [-0.2, 0) is 6.42 Å². The molecule has 0 atom stereocenters. The molecule has 0 saturated heterocycles. The molecule has 0 spiro atoms. The number of ketones is 1. The molecule has 0 aliphatic rings. The van der Waals surface area contributed by atoms with E-state index in [1.54, 1.807) is 31.8 Å². The van der Waals surface area contributed by atoms with Gasteiger partial charge in [0.15, 0.2) is 5.78 Å². The average Bonchev–Trinajstić information content (AvgIpc) is 2.81. The minimum Gasteiger partial charge on any atom is -0.496 e. The highest BCUT2D eigenvalue weighted by atomic mass is 16.5. The standard InChI is InChI=1S/C14H14O3/c1-10-7-12(3-4-14(10)16-2)13(15)8-11-5-6-17-9-11/h3-7,9H,8H2,1-2H3. The van der Waals surface area contributed by atoms with Crippen molar-refractivity contribution in [1.29, 1.82) is 0 Å². The zero-order chi connectivity index (χ0) is 12.3. The molecule has 2 rings (SSSR count). The summed E-state index contributed by atoms with van der Waals surface area (Å²) in [6.45, 7) is 1.92. The third kappa shape index (κ3) is 2.56. The molecule has 1 aromatic heterocycles. The summed E-state index contributed by atoms with van der Waals surface area (Å²) in [5, 5.41) is 0. The number of aryl methyl sites for hydroxylation is 1. The highest BCUT2D eigenvalue weighted by Crippen LogP contribution is 2.19. The van der Waals surface area contributed by atoms with E-state index < -0.39 is 0 Å². The van der Waals surface area contributed by atoms with Crippen LogP contribution in [0.3, 0.4) is 0 Å². The lowest BCUT2D eigenvalue weighted by Gasteiger charge is -2.06. The van der Waals surface area contributed by atoms with E-state index in [0.29, 0.717) is 12.0 Å². The summed E-state index contributed by atoms with van der Waals surface area (Å²) in [6.07, 6.45) is 3.53. The van der Waals surface area contributed by atoms with Gasteiger partial charge >= 0.3 is 0 Å². The fourth-order valence-electron chi connectivity index (χ4n) is 1.73. The molecule has 1 heterocycles. The number of benzene rings is 1. The first-order valence-corrected chi connectivity index (χ1v) is 5.39. The lowest BCUT2D eigenvalue weighted by Crippen LogP contribution is -2.03. The van der Waals surface area contributed by atoms with Crippen LogP contribution < -0.4 is 4.74 Å². The summed E-state index contributed by atoms with van der Waals surface area (Å²) in [4.78, 5) is 12.0. The number of carbonyl (C=O) groups is 1. The predicted molar refractivity (Wildman–Crippen MR) is 64.5 cm³/mol. The molecule has 0 unspecified atom stereocenters. The lowest BCUT2D eigenvalue weighted by molar-refractivity contribution is 0.0992. The van der Waals surface area contributed by atoms with Crippen LogP contribution in [0.4, 0.5) is 0 Å². The summed E-state index contributed by atoms with van der Waals surface area (Å²) in [5.74, 6) is 0.877. The molecule has 3 nitrogen and oxygen atoms in total. The van der Waals surface area contributed by atoms with Crippen LogP contribution in [0, 0.1) is 6.92 Å². The smallest absolute Gasteiger partial charge is 0.167 e. The van der Waals surface area contributed by atoms with E-state index in [1.165, 1.54) is 0 Å². The van der Waals surface area contributed by atoms with Crippen LogP contribution in [0.1, 0.15) is 21.5 Å². The second-order valence-corrected chi connectivity index (χ2v) is 3.92. The van der Waals surface area contributed by atoms with Crippen LogP contribution in [0.15, 0.2) is 41.2 Å². The molecule has 2 aromatic rings. The number of ether oxygens (including phenoxy) is 1. The highest BCUT2D eigenvalue weighted by Gasteiger charge is 2.09. The lowest BCUT2D eigenvalue weighted by atomic mass is 10.0. The van der Waals surface area contributed by atoms with Gasteiger partial charge in [-0.25, -0.2) is 0 Å². The van der Waals surface area contributed by atoms with Gasteiger partial charge in [0.05, 0.1) is 19.6 Å². The molecule has 3 heteroatoms. The van der Waals surface area contributed by atoms with Crippen molar-refractivity contribution in [2.24, 2.45) is 0 Å². The Bertz CT molecular complexity index is 512. The summed E-state index contributed by atoms with van der Waals surface area (Å²) < 4.78 is 10.1. The molecule has 0 bridgehead atoms. The Hall–Kier alpha value is -2.03. The van der Waals surface area contributed by atoms with E-state index in [1.807, 2.05) is 19.1 Å². The molecule has 0 amide bonds. The average molecular weight is 230 g/mol. The largest absolute Gasteiger partial charge is 0.496 e. The van der Waals surface area contributed by atoms with Crippen LogP contribution in [0.5, 0.6) is 5.75 Å². The molecular weight excluding hydrogens is 216 g/mol. The van der Waals surface area contributed by atoms with Crippen LogP contribution in [-0.4, -0.2) is 12.9 Å². The van der Waals surface area contributed by atoms with E-state index in [4.69, 9.17) is 9.15 Å². The topological polar surface area (TPSA) is 39.4 Å². The van der Waals surface area contributed by atoms with Crippen molar-refractivity contribution in [1.82, 2.24) is 0 Å². The maximum atomic E-state index is 12.0. The Morgan fingerprint density at radius 1 is 1.35 bits per heavy atom. The van der Waals surface area contributed by atoms with Gasteiger partial charge in [0.1, 0.15) is 5.75 Å². The molecule has 0 fully saturated rings. The summed E-state index contributed by atoms with van der Waals surface area (Å²) in [7, 11) is 1.62. The van der Waals surface area contributed by atoms with Crippen molar-refractivity contribution < 1.29 is 13.9 Å². The number of furan rings is 1. The molecule has 88 valence electrons. The molecular formula is C14H14O3. The fourth-order valence-corrected chi connectivity index (χ4v) is 1.73. The van der Waals surface area contributed by atoms with E-state index in [2.05, 4.69) is 0 Å². The first-order chi connectivity index (χ1) is 8.20. The van der Waals surface area contributed by atoms with Gasteiger partial charge in [-0.05, 0) is 42.3 Å². The van der Waals surface area contributed by atoms with Crippen LogP contribution >= 0.6 is 0 Å². The van der Waals surface area contributed by atoms with E-state index in [0.717, 1.165) is 16.9 Å².